The van der Waals surface area contributed by atoms with Gasteiger partial charge in [0.2, 0.25) is 21.8 Å². The predicted octanol–water partition coefficient (Wildman–Crippen LogP) is -1.14. The van der Waals surface area contributed by atoms with Crippen molar-refractivity contribution in [3.63, 3.8) is 0 Å². The van der Waals surface area contributed by atoms with E-state index in [-0.39, 0.29) is 24.5 Å². The molecule has 0 saturated carbocycles. The van der Waals surface area contributed by atoms with Crippen LogP contribution in [0.3, 0.4) is 0 Å². The Hall–Kier alpha value is -2.46. The van der Waals surface area contributed by atoms with Crippen LogP contribution < -0.4 is 10.6 Å². The van der Waals surface area contributed by atoms with Crippen molar-refractivity contribution in [2.45, 2.75) is 17.4 Å². The summed E-state index contributed by atoms with van der Waals surface area (Å²) >= 11 is 0. The Bertz CT molecular complexity index is 750. The number of esters is 1. The fraction of sp³-hybridized carbons (Fsp3) is 0.400. The maximum Gasteiger partial charge on any atom is 0.325 e. The molecule has 9 nitrogen and oxygen atoms in total. The van der Waals surface area contributed by atoms with Crippen LogP contribution in [0.5, 0.6) is 0 Å². The summed E-state index contributed by atoms with van der Waals surface area (Å²) < 4.78 is 31.0. The molecular weight excluding hydrogens is 350 g/mol. The molecule has 2 amide bonds. The highest BCUT2D eigenvalue weighted by Gasteiger charge is 2.39. The molecule has 1 aliphatic rings. The lowest BCUT2D eigenvalue weighted by Gasteiger charge is -2.33. The van der Waals surface area contributed by atoms with Gasteiger partial charge in [-0.2, -0.15) is 4.31 Å². The molecule has 0 spiro atoms. The van der Waals surface area contributed by atoms with Crippen molar-refractivity contribution in [3.05, 3.63) is 30.3 Å². The molecule has 1 fully saturated rings. The van der Waals surface area contributed by atoms with Crippen LogP contribution in [-0.4, -0.2) is 63.3 Å². The molecule has 0 bridgehead atoms. The topological polar surface area (TPSA) is 122 Å². The van der Waals surface area contributed by atoms with Crippen LogP contribution in [0.15, 0.2) is 35.2 Å². The van der Waals surface area contributed by atoms with Gasteiger partial charge in [-0.25, -0.2) is 8.42 Å². The molecule has 1 aromatic rings. The number of nitrogens with zero attached hydrogens (tertiary/aromatic N) is 1. The molecule has 25 heavy (non-hydrogen) atoms. The second-order valence-corrected chi connectivity index (χ2v) is 7.18. The van der Waals surface area contributed by atoms with Gasteiger partial charge in [-0.15, -0.1) is 0 Å². The number of piperazine rings is 1. The number of carbonyl (C=O) groups excluding carboxylic acids is 3. The molecule has 2 rings (SSSR count). The Labute approximate surface area is 145 Å². The summed E-state index contributed by atoms with van der Waals surface area (Å²) in [5.74, 6) is -1.82. The fourth-order valence-corrected chi connectivity index (χ4v) is 4.00. The van der Waals surface area contributed by atoms with Crippen molar-refractivity contribution in [3.8, 4) is 0 Å². The lowest BCUT2D eigenvalue weighted by Crippen LogP contribution is -2.58. The molecule has 0 radical (unpaired) electrons. The van der Waals surface area contributed by atoms with Crippen molar-refractivity contribution < 1.29 is 27.5 Å². The van der Waals surface area contributed by atoms with Crippen molar-refractivity contribution in [2.24, 2.45) is 0 Å². The normalized spacial score (nSPS) is 18.3. The van der Waals surface area contributed by atoms with Crippen LogP contribution >= 0.6 is 0 Å². The first-order valence-corrected chi connectivity index (χ1v) is 8.98. The van der Waals surface area contributed by atoms with E-state index in [4.69, 9.17) is 0 Å². The molecule has 0 aliphatic carbocycles. The molecule has 1 aromatic carbocycles. The van der Waals surface area contributed by atoms with Crippen LogP contribution in [0, 0.1) is 0 Å². The van der Waals surface area contributed by atoms with E-state index in [1.54, 1.807) is 18.2 Å². The number of hydrogen-bond acceptors (Lipinski definition) is 6. The number of hydrogen-bond donors (Lipinski definition) is 2. The first-order chi connectivity index (χ1) is 11.9. The van der Waals surface area contributed by atoms with Crippen LogP contribution in [0.1, 0.15) is 6.42 Å². The summed E-state index contributed by atoms with van der Waals surface area (Å²) in [7, 11) is -2.75. The van der Waals surface area contributed by atoms with Crippen LogP contribution in [0.2, 0.25) is 0 Å². The molecule has 1 saturated heterocycles. The van der Waals surface area contributed by atoms with Gasteiger partial charge in [-0.05, 0) is 12.1 Å². The van der Waals surface area contributed by atoms with E-state index < -0.39 is 40.3 Å². The molecule has 1 unspecified atom stereocenters. The van der Waals surface area contributed by atoms with Gasteiger partial charge >= 0.3 is 5.97 Å². The molecule has 10 heteroatoms. The summed E-state index contributed by atoms with van der Waals surface area (Å²) in [6.07, 6.45) is -0.394. The standard InChI is InChI=1S/C15H19N3O6S/c1-24-14(20)10-17-13(19)9-12-15(21)16-7-8-18(12)25(22,23)11-5-3-2-4-6-11/h2-6,12H,7-10H2,1H3,(H,16,21)(H,17,19). The second-order valence-electron chi connectivity index (χ2n) is 5.29. The van der Waals surface area contributed by atoms with Gasteiger partial charge in [0.15, 0.2) is 0 Å². The molecule has 1 atom stereocenters. The number of rotatable bonds is 6. The fourth-order valence-electron chi connectivity index (χ4n) is 2.39. The quantitative estimate of drug-likeness (QED) is 0.611. The molecule has 1 heterocycles. The Kier molecular flexibility index (Phi) is 6.10. The van der Waals surface area contributed by atoms with E-state index in [1.807, 2.05) is 0 Å². The third kappa shape index (κ3) is 4.54. The minimum Gasteiger partial charge on any atom is -0.468 e. The lowest BCUT2D eigenvalue weighted by atomic mass is 10.1. The monoisotopic (exact) mass is 369 g/mol. The first kappa shape index (κ1) is 18.9. The van der Waals surface area contributed by atoms with Crippen LogP contribution in [0.25, 0.3) is 0 Å². The molecule has 1 aliphatic heterocycles. The number of carbonyl (C=O) groups is 3. The summed E-state index contributed by atoms with van der Waals surface area (Å²) in [5.41, 5.74) is 0. The summed E-state index contributed by atoms with van der Waals surface area (Å²) in [6.45, 7) is -0.141. The average Bonchev–Trinajstić information content (AvgIpc) is 2.62. The highest BCUT2D eigenvalue weighted by atomic mass is 32.2. The number of amides is 2. The Balaban J connectivity index is 2.17. The van der Waals surface area contributed by atoms with E-state index >= 15 is 0 Å². The minimum atomic E-state index is -3.92. The van der Waals surface area contributed by atoms with Gasteiger partial charge in [0, 0.05) is 13.1 Å². The predicted molar refractivity (Wildman–Crippen MR) is 86.8 cm³/mol. The van der Waals surface area contributed by atoms with E-state index in [9.17, 15) is 22.8 Å². The number of ether oxygens (including phenoxy) is 1. The number of sulfonamides is 1. The van der Waals surface area contributed by atoms with Crippen LogP contribution in [-0.2, 0) is 29.1 Å². The molecule has 136 valence electrons. The average molecular weight is 369 g/mol. The first-order valence-electron chi connectivity index (χ1n) is 7.54. The van der Waals surface area contributed by atoms with E-state index in [0.29, 0.717) is 0 Å². The Morgan fingerprint density at radius 2 is 2.00 bits per heavy atom. The van der Waals surface area contributed by atoms with Crippen molar-refractivity contribution in [1.82, 2.24) is 14.9 Å². The number of benzene rings is 1. The van der Waals surface area contributed by atoms with E-state index in [1.165, 1.54) is 19.2 Å². The maximum absolute atomic E-state index is 12.8. The van der Waals surface area contributed by atoms with Gasteiger partial charge in [-0.1, -0.05) is 18.2 Å². The summed E-state index contributed by atoms with van der Waals surface area (Å²) in [4.78, 5) is 35.2. The van der Waals surface area contributed by atoms with E-state index in [0.717, 1.165) is 4.31 Å². The molecule has 0 aromatic heterocycles. The lowest BCUT2D eigenvalue weighted by molar-refractivity contribution is -0.141. The summed E-state index contributed by atoms with van der Waals surface area (Å²) in [6, 6.07) is 6.51. The minimum absolute atomic E-state index is 0.0460. The Morgan fingerprint density at radius 1 is 1.32 bits per heavy atom. The molecule has 2 N–H and O–H groups in total. The zero-order valence-electron chi connectivity index (χ0n) is 13.6. The van der Waals surface area contributed by atoms with Gasteiger partial charge < -0.3 is 15.4 Å². The smallest absolute Gasteiger partial charge is 0.325 e. The number of nitrogens with one attached hydrogen (secondary N) is 2. The van der Waals surface area contributed by atoms with Gasteiger partial charge in [0.25, 0.3) is 0 Å². The zero-order valence-corrected chi connectivity index (χ0v) is 14.4. The third-order valence-electron chi connectivity index (χ3n) is 3.67. The van der Waals surface area contributed by atoms with Gasteiger partial charge in [0.05, 0.1) is 18.4 Å². The van der Waals surface area contributed by atoms with Crippen molar-refractivity contribution in [1.29, 1.82) is 0 Å². The van der Waals surface area contributed by atoms with Gasteiger partial charge in [-0.3, -0.25) is 14.4 Å². The second kappa shape index (κ2) is 8.08. The maximum atomic E-state index is 12.8. The zero-order chi connectivity index (χ0) is 18.4. The van der Waals surface area contributed by atoms with E-state index in [2.05, 4.69) is 15.4 Å². The Morgan fingerprint density at radius 3 is 2.64 bits per heavy atom. The highest BCUT2D eigenvalue weighted by Crippen LogP contribution is 2.21. The SMILES string of the molecule is COC(=O)CNC(=O)CC1C(=O)NCCN1S(=O)(=O)c1ccccc1. The third-order valence-corrected chi connectivity index (χ3v) is 5.59. The highest BCUT2D eigenvalue weighted by molar-refractivity contribution is 7.89. The largest absolute Gasteiger partial charge is 0.468 e. The molecular formula is C15H19N3O6S. The van der Waals surface area contributed by atoms with Crippen molar-refractivity contribution >= 4 is 27.8 Å². The van der Waals surface area contributed by atoms with Crippen LogP contribution in [0.4, 0.5) is 0 Å². The summed E-state index contributed by atoms with van der Waals surface area (Å²) in [5, 5.41) is 4.85. The van der Waals surface area contributed by atoms with Gasteiger partial charge in [0.1, 0.15) is 12.6 Å². The number of methoxy groups -OCH3 is 1. The van der Waals surface area contributed by atoms with Crippen molar-refractivity contribution in [2.75, 3.05) is 26.7 Å².